The summed E-state index contributed by atoms with van der Waals surface area (Å²) < 4.78 is 43.7. The molecule has 7 nitrogen and oxygen atoms in total. The van der Waals surface area contributed by atoms with Gasteiger partial charge in [0.1, 0.15) is 6.61 Å². The molecule has 2 unspecified atom stereocenters. The number of carbonyl (C=O) groups is 2. The minimum atomic E-state index is -5.08. The Bertz CT molecular complexity index is 714. The zero-order valence-electron chi connectivity index (χ0n) is 17.7. The maximum absolute atomic E-state index is 11.8. The number of carboxylic acid groups (broad SMARTS) is 1. The molecule has 0 radical (unpaired) electrons. The van der Waals surface area contributed by atoms with Crippen LogP contribution in [-0.4, -0.2) is 86.1 Å². The van der Waals surface area contributed by atoms with E-state index in [4.69, 9.17) is 19.4 Å². The van der Waals surface area contributed by atoms with E-state index in [1.807, 2.05) is 11.3 Å². The van der Waals surface area contributed by atoms with Gasteiger partial charge in [0.15, 0.2) is 0 Å². The van der Waals surface area contributed by atoms with Crippen molar-refractivity contribution in [2.45, 2.75) is 38.1 Å². The predicted molar refractivity (Wildman–Crippen MR) is 109 cm³/mol. The number of amides is 1. The fraction of sp³-hybridized carbons (Fsp3) is 0.700. The summed E-state index contributed by atoms with van der Waals surface area (Å²) in [6.45, 7) is 4.69. The minimum absolute atomic E-state index is 0.0194. The second kappa shape index (κ2) is 11.3. The fourth-order valence-corrected chi connectivity index (χ4v) is 4.57. The molecular weight excluding hydrogens is 437 g/mol. The van der Waals surface area contributed by atoms with Crippen molar-refractivity contribution in [3.8, 4) is 0 Å². The van der Waals surface area contributed by atoms with Crippen LogP contribution in [-0.2, 0) is 25.6 Å². The lowest BCUT2D eigenvalue weighted by atomic mass is 9.73. The molecule has 2 fully saturated rings. The summed E-state index contributed by atoms with van der Waals surface area (Å²) in [7, 11) is 3.53. The summed E-state index contributed by atoms with van der Waals surface area (Å²) in [6, 6.07) is 4.31. The fourth-order valence-electron chi connectivity index (χ4n) is 3.82. The average molecular weight is 467 g/mol. The Morgan fingerprint density at radius 1 is 1.42 bits per heavy atom. The summed E-state index contributed by atoms with van der Waals surface area (Å²) >= 11 is 1.82. The van der Waals surface area contributed by atoms with E-state index in [-0.39, 0.29) is 24.0 Å². The number of hydrogen-bond acceptors (Lipinski definition) is 6. The normalized spacial score (nSPS) is 24.0. The van der Waals surface area contributed by atoms with Gasteiger partial charge in [-0.15, -0.1) is 11.3 Å². The van der Waals surface area contributed by atoms with Gasteiger partial charge in [0.05, 0.1) is 12.7 Å². The van der Waals surface area contributed by atoms with E-state index in [0.29, 0.717) is 6.61 Å². The molecule has 0 aliphatic carbocycles. The summed E-state index contributed by atoms with van der Waals surface area (Å²) in [6.07, 6.45) is -1.57. The SMILES string of the molecule is CN(C)C(=O)COCC12CCCOC1CCN(Cc1cccs1)C2.O=C(O)C(F)(F)F. The number of hydrogen-bond donors (Lipinski definition) is 1. The largest absolute Gasteiger partial charge is 0.490 e. The smallest absolute Gasteiger partial charge is 0.475 e. The van der Waals surface area contributed by atoms with Gasteiger partial charge in [-0.1, -0.05) is 6.07 Å². The number of likely N-dealkylation sites (N-methyl/N-ethyl adjacent to an activating group) is 1. The van der Waals surface area contributed by atoms with Gasteiger partial charge < -0.3 is 19.5 Å². The molecule has 0 spiro atoms. The summed E-state index contributed by atoms with van der Waals surface area (Å²) in [4.78, 5) is 26.2. The van der Waals surface area contributed by atoms with Crippen LogP contribution < -0.4 is 0 Å². The number of alkyl halides is 3. The van der Waals surface area contributed by atoms with Crippen molar-refractivity contribution in [3.63, 3.8) is 0 Å². The van der Waals surface area contributed by atoms with Gasteiger partial charge in [-0.05, 0) is 30.7 Å². The van der Waals surface area contributed by atoms with E-state index < -0.39 is 12.1 Å². The quantitative estimate of drug-likeness (QED) is 0.695. The molecule has 1 aromatic heterocycles. The highest BCUT2D eigenvalue weighted by Crippen LogP contribution is 2.41. The third kappa shape index (κ3) is 7.74. The lowest BCUT2D eigenvalue weighted by Gasteiger charge is -2.50. The first-order chi connectivity index (χ1) is 14.5. The van der Waals surface area contributed by atoms with E-state index in [1.54, 1.807) is 19.0 Å². The summed E-state index contributed by atoms with van der Waals surface area (Å²) in [5.41, 5.74) is 0.0281. The number of carboxylic acids is 1. The molecule has 2 atom stereocenters. The standard InChI is InChI=1S/C18H28N2O3S.C2HF3O2/c1-19(2)17(21)12-22-14-18-7-4-9-23-16(18)6-8-20(13-18)11-15-5-3-10-24-15;3-2(4,5)1(6)7/h3,5,10,16H,4,6-9,11-14H2,1-2H3;(H,6,7). The number of piperidine rings is 1. The predicted octanol–water partition coefficient (Wildman–Crippen LogP) is 2.86. The van der Waals surface area contributed by atoms with E-state index in [9.17, 15) is 18.0 Å². The van der Waals surface area contributed by atoms with E-state index >= 15 is 0 Å². The van der Waals surface area contributed by atoms with Crippen LogP contribution in [0.3, 0.4) is 0 Å². The Balaban J connectivity index is 0.000000423. The molecule has 1 aromatic rings. The van der Waals surface area contributed by atoms with E-state index in [2.05, 4.69) is 22.4 Å². The monoisotopic (exact) mass is 466 g/mol. The van der Waals surface area contributed by atoms with Crippen molar-refractivity contribution >= 4 is 23.2 Å². The summed E-state index contributed by atoms with van der Waals surface area (Å²) in [5, 5.41) is 9.26. The Morgan fingerprint density at radius 2 is 2.13 bits per heavy atom. The topological polar surface area (TPSA) is 79.3 Å². The van der Waals surface area contributed by atoms with Gasteiger partial charge in [0.25, 0.3) is 0 Å². The van der Waals surface area contributed by atoms with Crippen LogP contribution >= 0.6 is 11.3 Å². The van der Waals surface area contributed by atoms with Gasteiger partial charge in [-0.25, -0.2) is 4.79 Å². The first-order valence-electron chi connectivity index (χ1n) is 9.98. The number of rotatable bonds is 6. The van der Waals surface area contributed by atoms with Crippen molar-refractivity contribution in [1.29, 1.82) is 0 Å². The molecule has 1 N–H and O–H groups in total. The lowest BCUT2D eigenvalue weighted by molar-refractivity contribution is -0.192. The molecule has 176 valence electrons. The molecule has 31 heavy (non-hydrogen) atoms. The van der Waals surface area contributed by atoms with Gasteiger partial charge in [0, 0.05) is 50.6 Å². The maximum atomic E-state index is 11.8. The number of fused-ring (bicyclic) bond motifs is 1. The highest BCUT2D eigenvalue weighted by atomic mass is 32.1. The Morgan fingerprint density at radius 3 is 2.71 bits per heavy atom. The van der Waals surface area contributed by atoms with Crippen LogP contribution in [0.1, 0.15) is 24.1 Å². The third-order valence-corrected chi connectivity index (χ3v) is 6.24. The molecule has 0 bridgehead atoms. The van der Waals surface area contributed by atoms with Crippen molar-refractivity contribution in [1.82, 2.24) is 9.80 Å². The zero-order valence-corrected chi connectivity index (χ0v) is 18.5. The number of carbonyl (C=O) groups excluding carboxylic acids is 1. The first-order valence-corrected chi connectivity index (χ1v) is 10.9. The Kier molecular flexibility index (Phi) is 9.28. The van der Waals surface area contributed by atoms with Crippen LogP contribution in [0.25, 0.3) is 0 Å². The number of thiophene rings is 1. The molecule has 3 heterocycles. The summed E-state index contributed by atoms with van der Waals surface area (Å²) in [5.74, 6) is -2.74. The molecular formula is C20H29F3N2O5S. The van der Waals surface area contributed by atoms with Gasteiger partial charge in [-0.3, -0.25) is 9.69 Å². The lowest BCUT2D eigenvalue weighted by Crippen LogP contribution is -2.56. The maximum Gasteiger partial charge on any atom is 0.490 e. The number of halogens is 3. The average Bonchev–Trinajstić information content (AvgIpc) is 3.20. The van der Waals surface area contributed by atoms with Gasteiger partial charge in [-0.2, -0.15) is 13.2 Å². The van der Waals surface area contributed by atoms with E-state index in [1.165, 1.54) is 4.88 Å². The van der Waals surface area contributed by atoms with Crippen molar-refractivity contribution < 1.29 is 37.3 Å². The number of aliphatic carboxylic acids is 1. The van der Waals surface area contributed by atoms with Gasteiger partial charge in [0.2, 0.25) is 5.91 Å². The molecule has 2 aliphatic rings. The number of likely N-dealkylation sites (tertiary alicyclic amines) is 1. The molecule has 11 heteroatoms. The molecule has 2 saturated heterocycles. The molecule has 0 aromatic carbocycles. The van der Waals surface area contributed by atoms with Crippen LogP contribution in [0, 0.1) is 5.41 Å². The Hall–Kier alpha value is -1.69. The molecule has 2 aliphatic heterocycles. The number of nitrogens with zero attached hydrogens (tertiary/aromatic N) is 2. The molecule has 0 saturated carbocycles. The third-order valence-electron chi connectivity index (χ3n) is 5.38. The first kappa shape index (κ1) is 25.6. The number of ether oxygens (including phenoxy) is 2. The van der Waals surface area contributed by atoms with E-state index in [0.717, 1.165) is 45.5 Å². The minimum Gasteiger partial charge on any atom is -0.475 e. The van der Waals surface area contributed by atoms with Crippen molar-refractivity contribution in [2.24, 2.45) is 5.41 Å². The van der Waals surface area contributed by atoms with Crippen LogP contribution in [0.4, 0.5) is 13.2 Å². The van der Waals surface area contributed by atoms with Crippen molar-refractivity contribution in [2.75, 3.05) is 47.0 Å². The van der Waals surface area contributed by atoms with Crippen LogP contribution in [0.5, 0.6) is 0 Å². The highest BCUT2D eigenvalue weighted by molar-refractivity contribution is 7.09. The molecule has 1 amide bonds. The molecule has 3 rings (SSSR count). The highest BCUT2D eigenvalue weighted by Gasteiger charge is 2.46. The van der Waals surface area contributed by atoms with Crippen LogP contribution in [0.15, 0.2) is 17.5 Å². The zero-order chi connectivity index (χ0) is 23.1. The Labute approximate surface area is 183 Å². The van der Waals surface area contributed by atoms with Gasteiger partial charge >= 0.3 is 12.1 Å². The van der Waals surface area contributed by atoms with Crippen molar-refractivity contribution in [3.05, 3.63) is 22.4 Å². The van der Waals surface area contributed by atoms with Crippen LogP contribution in [0.2, 0.25) is 0 Å². The second-order valence-corrected chi connectivity index (χ2v) is 9.02. The second-order valence-electron chi connectivity index (χ2n) is 7.99.